The molecule has 0 aliphatic carbocycles. The third-order valence-corrected chi connectivity index (χ3v) is 8.18. The molecule has 0 aliphatic heterocycles. The highest BCUT2D eigenvalue weighted by Gasteiger charge is 2.15. The molecule has 1 heteroatoms. The van der Waals surface area contributed by atoms with E-state index in [0.29, 0.717) is 0 Å². The molecule has 0 fully saturated rings. The fraction of sp³-hybridized carbons (Fsp3) is 0. The Hall–Kier alpha value is -5.40. The number of anilines is 3. The fourth-order valence-electron chi connectivity index (χ4n) is 6.34. The Kier molecular flexibility index (Phi) is 5.53. The number of hydrogen-bond acceptors (Lipinski definition) is 1. The summed E-state index contributed by atoms with van der Waals surface area (Å²) in [5, 5.41) is 10.6. The summed E-state index contributed by atoms with van der Waals surface area (Å²) in [6.07, 6.45) is 4.51. The van der Waals surface area contributed by atoms with Gasteiger partial charge in [0.05, 0.1) is 0 Å². The zero-order valence-corrected chi connectivity index (χ0v) is 22.5. The molecule has 41 heavy (non-hydrogen) atoms. The normalized spacial score (nSPS) is 11.8. The third-order valence-electron chi connectivity index (χ3n) is 8.18. The predicted octanol–water partition coefficient (Wildman–Crippen LogP) is 11.4. The molecule has 0 saturated carbocycles. The lowest BCUT2D eigenvalue weighted by Gasteiger charge is -2.25. The minimum Gasteiger partial charge on any atom is -0.311 e. The third kappa shape index (κ3) is 3.94. The van der Waals surface area contributed by atoms with E-state index in [0.717, 1.165) is 17.1 Å². The van der Waals surface area contributed by atoms with Crippen LogP contribution in [0.5, 0.6) is 0 Å². The van der Waals surface area contributed by atoms with Crippen molar-refractivity contribution in [2.45, 2.75) is 0 Å². The maximum Gasteiger partial charge on any atom is 0.0462 e. The smallest absolute Gasteiger partial charge is 0.0462 e. The molecular weight excluding hydrogens is 494 g/mol. The van der Waals surface area contributed by atoms with E-state index in [1.807, 2.05) is 0 Å². The molecule has 8 aromatic rings. The van der Waals surface area contributed by atoms with Crippen molar-refractivity contribution < 1.29 is 0 Å². The van der Waals surface area contributed by atoms with Gasteiger partial charge < -0.3 is 4.90 Å². The average Bonchev–Trinajstić information content (AvgIpc) is 3.04. The number of fused-ring (bicyclic) bond motifs is 2. The van der Waals surface area contributed by atoms with Crippen LogP contribution in [0, 0.1) is 0 Å². The SMILES string of the molecule is C(=Cc1ccc2cccc3c4cccc5cccc(c1c23)c54)c1ccc(N(c2ccccc2)c2ccccc2)cc1. The van der Waals surface area contributed by atoms with Gasteiger partial charge in [-0.2, -0.15) is 0 Å². The van der Waals surface area contributed by atoms with Crippen LogP contribution in [0.3, 0.4) is 0 Å². The van der Waals surface area contributed by atoms with Crippen molar-refractivity contribution in [3.63, 3.8) is 0 Å². The molecule has 192 valence electrons. The van der Waals surface area contributed by atoms with Crippen LogP contribution in [0.15, 0.2) is 152 Å². The summed E-state index contributed by atoms with van der Waals surface area (Å²) >= 11 is 0. The molecule has 0 atom stereocenters. The Balaban J connectivity index is 1.23. The van der Waals surface area contributed by atoms with Gasteiger partial charge in [0, 0.05) is 17.1 Å². The van der Waals surface area contributed by atoms with Crippen molar-refractivity contribution in [2.75, 3.05) is 4.90 Å². The van der Waals surface area contributed by atoms with E-state index in [2.05, 4.69) is 169 Å². The van der Waals surface area contributed by atoms with Gasteiger partial charge in [-0.25, -0.2) is 0 Å². The van der Waals surface area contributed by atoms with Gasteiger partial charge in [0.15, 0.2) is 0 Å². The van der Waals surface area contributed by atoms with E-state index >= 15 is 0 Å². The van der Waals surface area contributed by atoms with E-state index in [1.54, 1.807) is 0 Å². The van der Waals surface area contributed by atoms with Gasteiger partial charge in [-0.1, -0.05) is 127 Å². The summed E-state index contributed by atoms with van der Waals surface area (Å²) in [5.41, 5.74) is 5.83. The molecule has 1 nitrogen and oxygen atoms in total. The Labute approximate surface area is 239 Å². The summed E-state index contributed by atoms with van der Waals surface area (Å²) < 4.78 is 0. The van der Waals surface area contributed by atoms with Crippen LogP contribution in [-0.4, -0.2) is 0 Å². The molecule has 8 rings (SSSR count). The van der Waals surface area contributed by atoms with E-state index in [-0.39, 0.29) is 0 Å². The average molecular weight is 522 g/mol. The largest absolute Gasteiger partial charge is 0.311 e. The van der Waals surface area contributed by atoms with Crippen LogP contribution in [0.1, 0.15) is 11.1 Å². The summed E-state index contributed by atoms with van der Waals surface area (Å²) in [4.78, 5) is 2.29. The Bertz CT molecular complexity index is 2130. The van der Waals surface area contributed by atoms with Crippen LogP contribution in [0.2, 0.25) is 0 Å². The molecule has 0 aliphatic rings. The van der Waals surface area contributed by atoms with Crippen molar-refractivity contribution in [3.05, 3.63) is 163 Å². The first kappa shape index (κ1) is 23.5. The molecule has 8 aromatic carbocycles. The van der Waals surface area contributed by atoms with Crippen LogP contribution in [0.25, 0.3) is 55.2 Å². The Morgan fingerprint density at radius 2 is 0.878 bits per heavy atom. The quantitative estimate of drug-likeness (QED) is 0.124. The van der Waals surface area contributed by atoms with E-state index in [4.69, 9.17) is 0 Å². The second kappa shape index (κ2) is 9.66. The summed E-state index contributed by atoms with van der Waals surface area (Å²) in [5.74, 6) is 0. The van der Waals surface area contributed by atoms with Crippen LogP contribution < -0.4 is 4.90 Å². The number of rotatable bonds is 5. The van der Waals surface area contributed by atoms with E-state index in [9.17, 15) is 0 Å². The van der Waals surface area contributed by atoms with Crippen LogP contribution in [0.4, 0.5) is 17.1 Å². The van der Waals surface area contributed by atoms with Crippen molar-refractivity contribution in [1.82, 2.24) is 0 Å². The van der Waals surface area contributed by atoms with Gasteiger partial charge in [-0.05, 0) is 90.6 Å². The molecule has 0 saturated heterocycles. The highest BCUT2D eigenvalue weighted by Crippen LogP contribution is 2.42. The van der Waals surface area contributed by atoms with Crippen molar-refractivity contribution in [3.8, 4) is 0 Å². The van der Waals surface area contributed by atoms with Crippen molar-refractivity contribution in [1.29, 1.82) is 0 Å². The van der Waals surface area contributed by atoms with E-state index < -0.39 is 0 Å². The number of hydrogen-bond donors (Lipinski definition) is 0. The first-order valence-corrected chi connectivity index (χ1v) is 14.1. The minimum absolute atomic E-state index is 1.13. The molecule has 0 amide bonds. The van der Waals surface area contributed by atoms with Gasteiger partial charge in [-0.3, -0.25) is 0 Å². The monoisotopic (exact) mass is 521 g/mol. The van der Waals surface area contributed by atoms with Gasteiger partial charge >= 0.3 is 0 Å². The van der Waals surface area contributed by atoms with Crippen molar-refractivity contribution in [2.24, 2.45) is 0 Å². The molecule has 0 aromatic heterocycles. The van der Waals surface area contributed by atoms with Gasteiger partial charge in [-0.15, -0.1) is 0 Å². The lowest BCUT2D eigenvalue weighted by molar-refractivity contribution is 1.28. The molecule has 0 N–H and O–H groups in total. The summed E-state index contributed by atoms with van der Waals surface area (Å²) in [7, 11) is 0. The standard InChI is InChI=1S/C40H27N/c1-3-13-32(14-4-1)41(33-15-5-2-6-16-33)34-26-21-28(22-27-34)20-23-31-25-24-30-12-8-18-36-35-17-7-10-29-11-9-19-37(38(29)35)40(31)39(30)36/h1-27H. The maximum absolute atomic E-state index is 2.29. The zero-order valence-electron chi connectivity index (χ0n) is 22.5. The zero-order chi connectivity index (χ0) is 27.2. The second-order valence-corrected chi connectivity index (χ2v) is 10.6. The highest BCUT2D eigenvalue weighted by molar-refractivity contribution is 6.34. The Morgan fingerprint density at radius 1 is 0.341 bits per heavy atom. The fourth-order valence-corrected chi connectivity index (χ4v) is 6.34. The predicted molar refractivity (Wildman–Crippen MR) is 178 cm³/mol. The highest BCUT2D eigenvalue weighted by atomic mass is 15.1. The topological polar surface area (TPSA) is 3.24 Å². The number of para-hydroxylation sites is 2. The van der Waals surface area contributed by atoms with Gasteiger partial charge in [0.1, 0.15) is 0 Å². The first-order valence-electron chi connectivity index (χ1n) is 14.1. The summed E-state index contributed by atoms with van der Waals surface area (Å²) in [6, 6.07) is 54.5. The number of nitrogens with zero attached hydrogens (tertiary/aromatic N) is 1. The summed E-state index contributed by atoms with van der Waals surface area (Å²) in [6.45, 7) is 0. The Morgan fingerprint density at radius 3 is 1.51 bits per heavy atom. The van der Waals surface area contributed by atoms with Crippen LogP contribution >= 0.6 is 0 Å². The second-order valence-electron chi connectivity index (χ2n) is 10.6. The van der Waals surface area contributed by atoms with Crippen LogP contribution in [-0.2, 0) is 0 Å². The maximum atomic E-state index is 2.29. The van der Waals surface area contributed by atoms with Crippen molar-refractivity contribution >= 4 is 72.3 Å². The molecule has 0 bridgehead atoms. The molecule has 0 heterocycles. The lowest BCUT2D eigenvalue weighted by Crippen LogP contribution is -2.09. The molecule has 0 radical (unpaired) electrons. The van der Waals surface area contributed by atoms with E-state index in [1.165, 1.54) is 54.2 Å². The van der Waals surface area contributed by atoms with Gasteiger partial charge in [0.25, 0.3) is 0 Å². The van der Waals surface area contributed by atoms with Gasteiger partial charge in [0.2, 0.25) is 0 Å². The molecular formula is C40H27N. The molecule has 0 spiro atoms. The molecule has 0 unspecified atom stereocenters. The lowest BCUT2D eigenvalue weighted by atomic mass is 9.87. The minimum atomic E-state index is 1.13. The first-order chi connectivity index (χ1) is 20.3. The number of benzene rings is 8.